The number of hydrogen-bond acceptors (Lipinski definition) is 4. The van der Waals surface area contributed by atoms with Crippen LogP contribution in [0.4, 0.5) is 0 Å². The van der Waals surface area contributed by atoms with E-state index >= 15 is 0 Å². The standard InChI is InChI=1S/C14H19N3O2/c1-10(2)19-9-17-14(18)13(16)7-11-3-5-12(8-15)6-4-11/h3-6,10,13H,7,9,16H2,1-2H3,(H,17,18)/t13-/m1/s1. The summed E-state index contributed by atoms with van der Waals surface area (Å²) in [7, 11) is 0. The van der Waals surface area contributed by atoms with Gasteiger partial charge in [0.2, 0.25) is 5.91 Å². The number of carbonyl (C=O) groups is 1. The molecule has 19 heavy (non-hydrogen) atoms. The average molecular weight is 261 g/mol. The first-order valence-electron chi connectivity index (χ1n) is 6.17. The van der Waals surface area contributed by atoms with Gasteiger partial charge in [0.1, 0.15) is 6.73 Å². The predicted octanol–water partition coefficient (Wildman–Crippen LogP) is 0.927. The molecule has 102 valence electrons. The molecule has 1 aromatic rings. The highest BCUT2D eigenvalue weighted by atomic mass is 16.5. The third kappa shape index (κ3) is 5.51. The molecule has 1 amide bonds. The van der Waals surface area contributed by atoms with E-state index in [-0.39, 0.29) is 18.7 Å². The lowest BCUT2D eigenvalue weighted by molar-refractivity contribution is -0.124. The maximum Gasteiger partial charge on any atom is 0.239 e. The Morgan fingerprint density at radius 1 is 1.42 bits per heavy atom. The summed E-state index contributed by atoms with van der Waals surface area (Å²) in [5, 5.41) is 11.3. The predicted molar refractivity (Wildman–Crippen MR) is 72.1 cm³/mol. The maximum absolute atomic E-state index is 11.7. The van der Waals surface area contributed by atoms with E-state index in [9.17, 15) is 4.79 Å². The zero-order chi connectivity index (χ0) is 14.3. The molecule has 5 heteroatoms. The van der Waals surface area contributed by atoms with Crippen molar-refractivity contribution in [2.45, 2.75) is 32.4 Å². The van der Waals surface area contributed by atoms with E-state index in [4.69, 9.17) is 15.7 Å². The summed E-state index contributed by atoms with van der Waals surface area (Å²) in [6, 6.07) is 8.44. The normalized spacial score (nSPS) is 11.9. The lowest BCUT2D eigenvalue weighted by atomic mass is 10.0. The van der Waals surface area contributed by atoms with Crippen LogP contribution in [0.15, 0.2) is 24.3 Å². The Morgan fingerprint density at radius 2 is 2.05 bits per heavy atom. The molecule has 0 aliphatic rings. The second-order valence-corrected chi connectivity index (χ2v) is 4.52. The van der Waals surface area contributed by atoms with Gasteiger partial charge in [0, 0.05) is 0 Å². The number of carbonyl (C=O) groups excluding carboxylic acids is 1. The summed E-state index contributed by atoms with van der Waals surface area (Å²) in [6.45, 7) is 3.95. The summed E-state index contributed by atoms with van der Waals surface area (Å²) in [4.78, 5) is 11.7. The van der Waals surface area contributed by atoms with Gasteiger partial charge in [-0.25, -0.2) is 0 Å². The van der Waals surface area contributed by atoms with E-state index in [1.807, 2.05) is 19.9 Å². The summed E-state index contributed by atoms with van der Waals surface area (Å²) >= 11 is 0. The van der Waals surface area contributed by atoms with Crippen molar-refractivity contribution in [1.29, 1.82) is 5.26 Å². The number of nitriles is 1. The molecule has 1 rings (SSSR count). The van der Waals surface area contributed by atoms with E-state index in [2.05, 4.69) is 5.32 Å². The van der Waals surface area contributed by atoms with Crippen molar-refractivity contribution in [2.24, 2.45) is 5.73 Å². The van der Waals surface area contributed by atoms with Gasteiger partial charge < -0.3 is 15.8 Å². The second-order valence-electron chi connectivity index (χ2n) is 4.52. The summed E-state index contributed by atoms with van der Waals surface area (Å²) in [5.74, 6) is -0.245. The van der Waals surface area contributed by atoms with Crippen molar-refractivity contribution in [3.63, 3.8) is 0 Å². The van der Waals surface area contributed by atoms with E-state index < -0.39 is 6.04 Å². The summed E-state index contributed by atoms with van der Waals surface area (Å²) in [5.41, 5.74) is 7.32. The number of rotatable bonds is 6. The average Bonchev–Trinajstić information content (AvgIpc) is 2.39. The zero-order valence-corrected chi connectivity index (χ0v) is 11.2. The van der Waals surface area contributed by atoms with Gasteiger partial charge in [0.05, 0.1) is 23.8 Å². The van der Waals surface area contributed by atoms with Crippen LogP contribution in [0, 0.1) is 11.3 Å². The number of nitrogens with zero attached hydrogens (tertiary/aromatic N) is 1. The van der Waals surface area contributed by atoms with Crippen LogP contribution < -0.4 is 11.1 Å². The molecule has 0 fully saturated rings. The molecule has 0 radical (unpaired) electrons. The minimum atomic E-state index is -0.622. The number of benzene rings is 1. The van der Waals surface area contributed by atoms with Gasteiger partial charge >= 0.3 is 0 Å². The monoisotopic (exact) mass is 261 g/mol. The van der Waals surface area contributed by atoms with Crippen molar-refractivity contribution in [3.8, 4) is 6.07 Å². The van der Waals surface area contributed by atoms with E-state index in [1.165, 1.54) is 0 Å². The Kier molecular flexibility index (Phi) is 6.00. The highest BCUT2D eigenvalue weighted by Crippen LogP contribution is 2.05. The first-order valence-corrected chi connectivity index (χ1v) is 6.17. The fraction of sp³-hybridized carbons (Fsp3) is 0.429. The third-order valence-electron chi connectivity index (χ3n) is 2.54. The maximum atomic E-state index is 11.7. The van der Waals surface area contributed by atoms with Crippen LogP contribution in [0.2, 0.25) is 0 Å². The van der Waals surface area contributed by atoms with Gasteiger partial charge in [0.15, 0.2) is 0 Å². The molecule has 0 heterocycles. The first-order chi connectivity index (χ1) is 9.02. The van der Waals surface area contributed by atoms with Crippen LogP contribution in [-0.4, -0.2) is 24.8 Å². The Balaban J connectivity index is 2.42. The van der Waals surface area contributed by atoms with E-state index in [1.54, 1.807) is 24.3 Å². The van der Waals surface area contributed by atoms with Gasteiger partial charge in [-0.1, -0.05) is 12.1 Å². The lowest BCUT2D eigenvalue weighted by Gasteiger charge is -2.13. The van der Waals surface area contributed by atoms with Crippen molar-refractivity contribution in [3.05, 3.63) is 35.4 Å². The van der Waals surface area contributed by atoms with Gasteiger partial charge in [-0.05, 0) is 38.0 Å². The number of ether oxygens (including phenoxy) is 1. The SMILES string of the molecule is CC(C)OCNC(=O)[C@H](N)Cc1ccc(C#N)cc1. The molecule has 1 atom stereocenters. The third-order valence-corrected chi connectivity index (χ3v) is 2.54. The van der Waals surface area contributed by atoms with Gasteiger partial charge in [-0.3, -0.25) is 4.79 Å². The molecule has 3 N–H and O–H groups in total. The molecule has 0 saturated carbocycles. The van der Waals surface area contributed by atoms with Crippen molar-refractivity contribution in [2.75, 3.05) is 6.73 Å². The van der Waals surface area contributed by atoms with Crippen LogP contribution >= 0.6 is 0 Å². The van der Waals surface area contributed by atoms with Crippen molar-refractivity contribution < 1.29 is 9.53 Å². The quantitative estimate of drug-likeness (QED) is 0.745. The van der Waals surface area contributed by atoms with Crippen LogP contribution in [0.1, 0.15) is 25.0 Å². The number of amides is 1. The molecule has 1 aromatic carbocycles. The molecule has 0 unspecified atom stereocenters. The minimum absolute atomic E-state index is 0.0649. The van der Waals surface area contributed by atoms with Gasteiger partial charge in [-0.15, -0.1) is 0 Å². The molecule has 0 bridgehead atoms. The molecule has 5 nitrogen and oxygen atoms in total. The minimum Gasteiger partial charge on any atom is -0.359 e. The largest absolute Gasteiger partial charge is 0.359 e. The zero-order valence-electron chi connectivity index (χ0n) is 11.2. The molecule has 0 aliphatic carbocycles. The number of nitrogens with one attached hydrogen (secondary N) is 1. The van der Waals surface area contributed by atoms with Crippen molar-refractivity contribution >= 4 is 5.91 Å². The summed E-state index contributed by atoms with van der Waals surface area (Å²) in [6.07, 6.45) is 0.495. The highest BCUT2D eigenvalue weighted by molar-refractivity contribution is 5.81. The number of hydrogen-bond donors (Lipinski definition) is 2. The molecule has 0 spiro atoms. The fourth-order valence-corrected chi connectivity index (χ4v) is 1.47. The first kappa shape index (κ1) is 15.2. The number of nitrogens with two attached hydrogens (primary N) is 1. The van der Waals surface area contributed by atoms with Crippen LogP contribution in [0.3, 0.4) is 0 Å². The molecular weight excluding hydrogens is 242 g/mol. The lowest BCUT2D eigenvalue weighted by Crippen LogP contribution is -2.43. The Morgan fingerprint density at radius 3 is 2.58 bits per heavy atom. The van der Waals surface area contributed by atoms with E-state index in [0.29, 0.717) is 12.0 Å². The second kappa shape index (κ2) is 7.52. The Labute approximate surface area is 113 Å². The van der Waals surface area contributed by atoms with Crippen LogP contribution in [0.5, 0.6) is 0 Å². The molecular formula is C14H19N3O2. The molecule has 0 aliphatic heterocycles. The van der Waals surface area contributed by atoms with Gasteiger partial charge in [0.25, 0.3) is 0 Å². The van der Waals surface area contributed by atoms with Crippen LogP contribution in [-0.2, 0) is 16.0 Å². The van der Waals surface area contributed by atoms with Crippen LogP contribution in [0.25, 0.3) is 0 Å². The topological polar surface area (TPSA) is 88.1 Å². The molecule has 0 saturated heterocycles. The Bertz CT molecular complexity index is 449. The highest BCUT2D eigenvalue weighted by Gasteiger charge is 2.13. The smallest absolute Gasteiger partial charge is 0.239 e. The summed E-state index contributed by atoms with van der Waals surface area (Å²) < 4.78 is 5.22. The Hall–Kier alpha value is -1.90. The molecule has 0 aromatic heterocycles. The fourth-order valence-electron chi connectivity index (χ4n) is 1.47. The van der Waals surface area contributed by atoms with Crippen molar-refractivity contribution in [1.82, 2.24) is 5.32 Å². The van der Waals surface area contributed by atoms with E-state index in [0.717, 1.165) is 5.56 Å². The van der Waals surface area contributed by atoms with Gasteiger partial charge in [-0.2, -0.15) is 5.26 Å².